The van der Waals surface area contributed by atoms with Gasteiger partial charge >= 0.3 is 6.03 Å². The largest absolute Gasteiger partial charge is 0.324 e. The molecule has 1 aliphatic heterocycles. The fourth-order valence-electron chi connectivity index (χ4n) is 2.68. The predicted octanol–water partition coefficient (Wildman–Crippen LogP) is 2.22. The van der Waals surface area contributed by atoms with Crippen molar-refractivity contribution in [1.29, 1.82) is 0 Å². The molecular formula is C16H23N7O. The zero-order valence-electron chi connectivity index (χ0n) is 14.5. The molecule has 2 aromatic rings. The van der Waals surface area contributed by atoms with Crippen LogP contribution < -0.4 is 5.32 Å². The van der Waals surface area contributed by atoms with E-state index in [2.05, 4.69) is 51.2 Å². The minimum absolute atomic E-state index is 0.112. The van der Waals surface area contributed by atoms with E-state index in [1.807, 2.05) is 6.92 Å². The van der Waals surface area contributed by atoms with E-state index in [9.17, 15) is 4.79 Å². The summed E-state index contributed by atoms with van der Waals surface area (Å²) in [7, 11) is 0. The van der Waals surface area contributed by atoms with Crippen LogP contribution in [0.1, 0.15) is 50.6 Å². The molecule has 1 aliphatic rings. The van der Waals surface area contributed by atoms with Crippen LogP contribution in [0, 0.1) is 6.92 Å². The number of rotatable bonds is 2. The van der Waals surface area contributed by atoms with Crippen LogP contribution in [0.25, 0.3) is 0 Å². The first-order valence-corrected chi connectivity index (χ1v) is 8.10. The minimum Gasteiger partial charge on any atom is -0.324 e. The van der Waals surface area contributed by atoms with Crippen LogP contribution in [0.3, 0.4) is 0 Å². The molecule has 24 heavy (non-hydrogen) atoms. The van der Waals surface area contributed by atoms with Gasteiger partial charge in [0, 0.05) is 24.4 Å². The average Bonchev–Trinajstić information content (AvgIpc) is 3.15. The second-order valence-corrected chi connectivity index (χ2v) is 7.19. The first-order valence-electron chi connectivity index (χ1n) is 8.10. The molecule has 3 rings (SSSR count). The minimum atomic E-state index is -0.142. The van der Waals surface area contributed by atoms with Gasteiger partial charge in [-0.15, -0.1) is 0 Å². The number of amides is 2. The number of H-pyrrole nitrogens is 1. The lowest BCUT2D eigenvalue weighted by Gasteiger charge is -2.18. The molecule has 0 aromatic carbocycles. The van der Waals surface area contributed by atoms with Gasteiger partial charge in [0.1, 0.15) is 11.6 Å². The van der Waals surface area contributed by atoms with Gasteiger partial charge < -0.3 is 10.2 Å². The summed E-state index contributed by atoms with van der Waals surface area (Å²) in [5.41, 5.74) is 0.490. The molecule has 8 heteroatoms. The van der Waals surface area contributed by atoms with Gasteiger partial charge in [0.25, 0.3) is 0 Å². The van der Waals surface area contributed by atoms with E-state index >= 15 is 0 Å². The Morgan fingerprint density at radius 2 is 2.04 bits per heavy atom. The maximum atomic E-state index is 12.4. The van der Waals surface area contributed by atoms with Crippen molar-refractivity contribution >= 4 is 11.7 Å². The average molecular weight is 329 g/mol. The van der Waals surface area contributed by atoms with Gasteiger partial charge in [-0.2, -0.15) is 5.10 Å². The van der Waals surface area contributed by atoms with Gasteiger partial charge in [-0.25, -0.2) is 19.7 Å². The molecule has 2 N–H and O–H groups in total. The van der Waals surface area contributed by atoms with E-state index in [1.54, 1.807) is 17.3 Å². The van der Waals surface area contributed by atoms with Crippen molar-refractivity contribution in [3.8, 4) is 0 Å². The fourth-order valence-corrected chi connectivity index (χ4v) is 2.68. The number of hydrogen-bond acceptors (Lipinski definition) is 5. The molecule has 0 saturated carbocycles. The maximum absolute atomic E-state index is 12.4. The highest BCUT2D eigenvalue weighted by Gasteiger charge is 2.30. The molecule has 0 spiro atoms. The maximum Gasteiger partial charge on any atom is 0.321 e. The lowest BCUT2D eigenvalue weighted by atomic mass is 9.96. The van der Waals surface area contributed by atoms with Crippen molar-refractivity contribution in [3.05, 3.63) is 29.9 Å². The molecule has 1 atom stereocenters. The number of nitrogens with zero attached hydrogens (tertiary/aromatic N) is 5. The number of carbonyl (C=O) groups is 1. The summed E-state index contributed by atoms with van der Waals surface area (Å²) in [4.78, 5) is 27.2. The number of nitrogens with one attached hydrogen (secondary N) is 2. The third-order valence-electron chi connectivity index (χ3n) is 4.03. The Morgan fingerprint density at radius 1 is 1.33 bits per heavy atom. The van der Waals surface area contributed by atoms with Crippen molar-refractivity contribution in [2.24, 2.45) is 0 Å². The van der Waals surface area contributed by atoms with Crippen molar-refractivity contribution in [2.45, 2.75) is 45.4 Å². The molecule has 1 saturated heterocycles. The number of urea groups is 1. The molecule has 2 aromatic heterocycles. The Hall–Kier alpha value is -2.51. The molecule has 0 unspecified atom stereocenters. The van der Waals surface area contributed by atoms with Gasteiger partial charge in [0.05, 0.1) is 18.1 Å². The topological polar surface area (TPSA) is 99.7 Å². The third-order valence-corrected chi connectivity index (χ3v) is 4.03. The first-order chi connectivity index (χ1) is 11.3. The van der Waals surface area contributed by atoms with Crippen LogP contribution in [0.4, 0.5) is 10.5 Å². The highest BCUT2D eigenvalue weighted by atomic mass is 16.2. The second kappa shape index (κ2) is 6.18. The first kappa shape index (κ1) is 16.4. The van der Waals surface area contributed by atoms with E-state index < -0.39 is 0 Å². The van der Waals surface area contributed by atoms with Crippen LogP contribution in [-0.2, 0) is 5.41 Å². The summed E-state index contributed by atoms with van der Waals surface area (Å²) in [5, 5.41) is 9.90. The third kappa shape index (κ3) is 3.52. The Balaban J connectivity index is 1.59. The predicted molar refractivity (Wildman–Crippen MR) is 89.8 cm³/mol. The van der Waals surface area contributed by atoms with Gasteiger partial charge in [0.2, 0.25) is 0 Å². The van der Waals surface area contributed by atoms with Crippen LogP contribution in [0.5, 0.6) is 0 Å². The number of likely N-dealkylation sites (tertiary alicyclic amines) is 1. The summed E-state index contributed by atoms with van der Waals surface area (Å²) in [5.74, 6) is 2.51. The molecule has 2 amide bonds. The number of anilines is 1. The van der Waals surface area contributed by atoms with Crippen LogP contribution in [0.2, 0.25) is 0 Å². The molecule has 3 heterocycles. The smallest absolute Gasteiger partial charge is 0.321 e. The van der Waals surface area contributed by atoms with Gasteiger partial charge in [-0.1, -0.05) is 20.8 Å². The Morgan fingerprint density at radius 3 is 2.62 bits per heavy atom. The quantitative estimate of drug-likeness (QED) is 0.880. The molecule has 8 nitrogen and oxygen atoms in total. The number of aryl methyl sites for hydroxylation is 1. The Kier molecular flexibility index (Phi) is 4.21. The number of aromatic nitrogens is 5. The van der Waals surface area contributed by atoms with E-state index in [0.29, 0.717) is 18.8 Å². The fraction of sp³-hybridized carbons (Fsp3) is 0.562. The van der Waals surface area contributed by atoms with Crippen LogP contribution in [0.15, 0.2) is 12.4 Å². The Bertz CT molecular complexity index is 717. The zero-order valence-corrected chi connectivity index (χ0v) is 14.5. The summed E-state index contributed by atoms with van der Waals surface area (Å²) < 4.78 is 0. The second-order valence-electron chi connectivity index (χ2n) is 7.19. The van der Waals surface area contributed by atoms with E-state index in [4.69, 9.17) is 0 Å². The summed E-state index contributed by atoms with van der Waals surface area (Å²) in [6, 6.07) is -0.142. The standard InChI is InChI=1S/C16H23N7O/c1-10-19-13(22-21-10)11-5-6-23(9-11)15(24)20-12-7-17-14(18-8-12)16(2,3)4/h7-8,11H,5-6,9H2,1-4H3,(H,20,24)(H,19,21,22)/t11-/m1/s1. The van der Waals surface area contributed by atoms with Crippen molar-refractivity contribution < 1.29 is 4.79 Å². The lowest BCUT2D eigenvalue weighted by Crippen LogP contribution is -2.33. The molecule has 0 bridgehead atoms. The highest BCUT2D eigenvalue weighted by molar-refractivity contribution is 5.89. The zero-order chi connectivity index (χ0) is 17.3. The Labute approximate surface area is 141 Å². The lowest BCUT2D eigenvalue weighted by molar-refractivity contribution is 0.222. The van der Waals surface area contributed by atoms with Crippen LogP contribution in [-0.4, -0.2) is 49.2 Å². The molecule has 0 aliphatic carbocycles. The summed E-state index contributed by atoms with van der Waals surface area (Å²) >= 11 is 0. The molecule has 128 valence electrons. The van der Waals surface area contributed by atoms with Gasteiger partial charge in [0.15, 0.2) is 5.82 Å². The summed E-state index contributed by atoms with van der Waals surface area (Å²) in [6.07, 6.45) is 4.17. The number of aromatic amines is 1. The van der Waals surface area contributed by atoms with E-state index in [1.165, 1.54) is 0 Å². The highest BCUT2D eigenvalue weighted by Crippen LogP contribution is 2.25. The normalized spacial score (nSPS) is 18.0. The monoisotopic (exact) mass is 329 g/mol. The van der Waals surface area contributed by atoms with Crippen LogP contribution >= 0.6 is 0 Å². The van der Waals surface area contributed by atoms with Crippen molar-refractivity contribution in [1.82, 2.24) is 30.0 Å². The SMILES string of the molecule is Cc1nc([C@@H]2CCN(C(=O)Nc3cnc(C(C)(C)C)nc3)C2)n[nH]1. The van der Waals surface area contributed by atoms with E-state index in [0.717, 1.165) is 23.9 Å². The molecule has 1 fully saturated rings. The number of hydrogen-bond donors (Lipinski definition) is 2. The van der Waals surface area contributed by atoms with E-state index in [-0.39, 0.29) is 17.4 Å². The summed E-state index contributed by atoms with van der Waals surface area (Å²) in [6.45, 7) is 9.33. The molecule has 0 radical (unpaired) electrons. The van der Waals surface area contributed by atoms with Gasteiger partial charge in [-0.05, 0) is 13.3 Å². The van der Waals surface area contributed by atoms with Crippen molar-refractivity contribution in [3.63, 3.8) is 0 Å². The number of carbonyl (C=O) groups excluding carboxylic acids is 1. The van der Waals surface area contributed by atoms with Gasteiger partial charge in [-0.3, -0.25) is 5.10 Å². The van der Waals surface area contributed by atoms with Crippen molar-refractivity contribution in [2.75, 3.05) is 18.4 Å². The molecular weight excluding hydrogens is 306 g/mol.